The molecule has 0 spiro atoms. The molecule has 4 rings (SSSR count). The van der Waals surface area contributed by atoms with Gasteiger partial charge >= 0.3 is 0 Å². The Bertz CT molecular complexity index is 746. The lowest BCUT2D eigenvalue weighted by Gasteiger charge is -2.01. The van der Waals surface area contributed by atoms with Gasteiger partial charge in [0.1, 0.15) is 0 Å². The number of carbonyl (C=O) groups excluding carboxylic acids is 1. The number of hydrogen-bond donors (Lipinski definition) is 2. The highest BCUT2D eigenvalue weighted by atomic mass is 32.1. The van der Waals surface area contributed by atoms with Gasteiger partial charge in [-0.3, -0.25) is 9.48 Å². The first-order valence-electron chi connectivity index (χ1n) is 8.81. The fraction of sp³-hybridized carbons (Fsp3) is 0.556. The summed E-state index contributed by atoms with van der Waals surface area (Å²) in [5, 5.41) is 10.8. The van der Waals surface area contributed by atoms with Gasteiger partial charge in [0, 0.05) is 34.5 Å². The van der Waals surface area contributed by atoms with E-state index in [1.165, 1.54) is 30.7 Å². The highest BCUT2D eigenvalue weighted by Crippen LogP contribution is 2.45. The van der Waals surface area contributed by atoms with E-state index in [1.807, 2.05) is 24.7 Å². The van der Waals surface area contributed by atoms with Crippen molar-refractivity contribution in [1.82, 2.24) is 15.1 Å². The van der Waals surface area contributed by atoms with Gasteiger partial charge in [0.25, 0.3) is 5.91 Å². The van der Waals surface area contributed by atoms with Crippen molar-refractivity contribution in [2.45, 2.75) is 51.6 Å². The van der Waals surface area contributed by atoms with Crippen LogP contribution in [0.1, 0.15) is 52.2 Å². The molecule has 1 amide bonds. The van der Waals surface area contributed by atoms with Crippen molar-refractivity contribution < 1.29 is 4.79 Å². The molecule has 2 aliphatic carbocycles. The maximum atomic E-state index is 12.5. The van der Waals surface area contributed by atoms with Gasteiger partial charge in [-0.05, 0) is 51.6 Å². The van der Waals surface area contributed by atoms with E-state index in [0.717, 1.165) is 28.6 Å². The molecule has 6 heteroatoms. The molecule has 5 nitrogen and oxygen atoms in total. The third-order valence-electron chi connectivity index (χ3n) is 4.92. The fourth-order valence-corrected chi connectivity index (χ4v) is 4.29. The normalized spacial score (nSPS) is 22.6. The van der Waals surface area contributed by atoms with Crippen LogP contribution in [0.25, 0.3) is 0 Å². The molecule has 24 heavy (non-hydrogen) atoms. The molecule has 2 saturated carbocycles. The topological polar surface area (TPSA) is 59.0 Å². The Morgan fingerprint density at radius 3 is 3.00 bits per heavy atom. The number of hydrogen-bond acceptors (Lipinski definition) is 4. The van der Waals surface area contributed by atoms with Gasteiger partial charge in [-0.1, -0.05) is 0 Å². The molecular formula is C18H24N4OS. The van der Waals surface area contributed by atoms with E-state index in [-0.39, 0.29) is 5.91 Å². The van der Waals surface area contributed by atoms with E-state index in [9.17, 15) is 4.79 Å². The molecule has 0 bridgehead atoms. The molecule has 0 saturated heterocycles. The lowest BCUT2D eigenvalue weighted by atomic mass is 10.2. The van der Waals surface area contributed by atoms with Crippen LogP contribution in [0.15, 0.2) is 18.5 Å². The summed E-state index contributed by atoms with van der Waals surface area (Å²) >= 11 is 1.77. The number of thiophene rings is 1. The van der Waals surface area contributed by atoms with Crippen LogP contribution in [0.2, 0.25) is 0 Å². The van der Waals surface area contributed by atoms with E-state index in [4.69, 9.17) is 0 Å². The second-order valence-corrected chi connectivity index (χ2v) is 8.25. The van der Waals surface area contributed by atoms with Crippen LogP contribution in [-0.4, -0.2) is 28.3 Å². The van der Waals surface area contributed by atoms with Gasteiger partial charge < -0.3 is 10.6 Å². The van der Waals surface area contributed by atoms with E-state index >= 15 is 0 Å². The van der Waals surface area contributed by atoms with Gasteiger partial charge in [-0.2, -0.15) is 5.10 Å². The minimum absolute atomic E-state index is 0.0335. The summed E-state index contributed by atoms with van der Waals surface area (Å²) in [5.41, 5.74) is 1.55. The highest BCUT2D eigenvalue weighted by Gasteiger charge is 2.40. The van der Waals surface area contributed by atoms with Gasteiger partial charge in [0.15, 0.2) is 0 Å². The second-order valence-electron chi connectivity index (χ2n) is 6.96. The maximum Gasteiger partial charge on any atom is 0.256 e. The number of nitrogens with one attached hydrogen (secondary N) is 2. The smallest absolute Gasteiger partial charge is 0.256 e. The minimum Gasteiger partial charge on any atom is -0.319 e. The minimum atomic E-state index is -0.0335. The van der Waals surface area contributed by atoms with Crippen LogP contribution in [0, 0.1) is 12.8 Å². The predicted molar refractivity (Wildman–Crippen MR) is 96.8 cm³/mol. The van der Waals surface area contributed by atoms with Crippen molar-refractivity contribution >= 4 is 22.9 Å². The standard InChI is InChI=1S/C18H24N4OS/c1-3-22-10-13(9-20-22)21-18(23)14-7-17(24-11(14)2)15-6-16(15)19-8-12-4-5-12/h7,9-10,12,15-16,19H,3-6,8H2,1-2H3,(H,21,23). The van der Waals surface area contributed by atoms with E-state index in [0.29, 0.717) is 12.0 Å². The molecule has 2 heterocycles. The van der Waals surface area contributed by atoms with Crippen molar-refractivity contribution in [2.24, 2.45) is 5.92 Å². The predicted octanol–water partition coefficient (Wildman–Crippen LogP) is 3.38. The van der Waals surface area contributed by atoms with Gasteiger partial charge in [-0.15, -0.1) is 11.3 Å². The number of aryl methyl sites for hydroxylation is 2. The first-order valence-corrected chi connectivity index (χ1v) is 9.63. The third-order valence-corrected chi connectivity index (χ3v) is 6.10. The van der Waals surface area contributed by atoms with E-state index in [2.05, 4.69) is 21.8 Å². The summed E-state index contributed by atoms with van der Waals surface area (Å²) < 4.78 is 1.81. The number of rotatable bonds is 7. The SMILES string of the molecule is CCn1cc(NC(=O)c2cc(C3CC3NCC3CC3)sc2C)cn1. The van der Waals surface area contributed by atoms with Crippen molar-refractivity contribution in [3.63, 3.8) is 0 Å². The van der Waals surface area contributed by atoms with Crippen molar-refractivity contribution in [1.29, 1.82) is 0 Å². The Hall–Kier alpha value is -1.66. The summed E-state index contributed by atoms with van der Waals surface area (Å²) in [7, 11) is 0. The quantitative estimate of drug-likeness (QED) is 0.809. The molecule has 2 N–H and O–H groups in total. The molecule has 0 aromatic carbocycles. The first-order chi connectivity index (χ1) is 11.6. The molecule has 2 aromatic rings. The molecule has 2 unspecified atom stereocenters. The maximum absolute atomic E-state index is 12.5. The lowest BCUT2D eigenvalue weighted by molar-refractivity contribution is 0.102. The Kier molecular flexibility index (Phi) is 4.18. The van der Waals surface area contributed by atoms with Crippen LogP contribution in [0.3, 0.4) is 0 Å². The zero-order valence-corrected chi connectivity index (χ0v) is 15.0. The van der Waals surface area contributed by atoms with Crippen LogP contribution >= 0.6 is 11.3 Å². The second kappa shape index (κ2) is 6.33. The Balaban J connectivity index is 1.38. The van der Waals surface area contributed by atoms with Crippen molar-refractivity contribution in [2.75, 3.05) is 11.9 Å². The first kappa shape index (κ1) is 15.8. The molecular weight excluding hydrogens is 320 g/mol. The summed E-state index contributed by atoms with van der Waals surface area (Å²) in [5.74, 6) is 1.48. The Morgan fingerprint density at radius 2 is 2.29 bits per heavy atom. The Labute approximate surface area is 146 Å². The zero-order valence-electron chi connectivity index (χ0n) is 14.2. The van der Waals surface area contributed by atoms with Crippen LogP contribution in [-0.2, 0) is 6.54 Å². The number of nitrogens with zero attached hydrogens (tertiary/aromatic N) is 2. The van der Waals surface area contributed by atoms with Crippen molar-refractivity contribution in [3.8, 4) is 0 Å². The molecule has 0 radical (unpaired) electrons. The molecule has 2 aromatic heterocycles. The molecule has 128 valence electrons. The number of anilines is 1. The number of carbonyl (C=O) groups is 1. The van der Waals surface area contributed by atoms with Gasteiger partial charge in [0.05, 0.1) is 17.4 Å². The van der Waals surface area contributed by atoms with E-state index < -0.39 is 0 Å². The summed E-state index contributed by atoms with van der Waals surface area (Å²) in [4.78, 5) is 15.0. The van der Waals surface area contributed by atoms with Gasteiger partial charge in [-0.25, -0.2) is 0 Å². The summed E-state index contributed by atoms with van der Waals surface area (Å²) in [6.07, 6.45) is 7.54. The van der Waals surface area contributed by atoms with Crippen molar-refractivity contribution in [3.05, 3.63) is 33.8 Å². The average molecular weight is 344 g/mol. The average Bonchev–Trinajstić information content (AvgIpc) is 3.46. The lowest BCUT2D eigenvalue weighted by Crippen LogP contribution is -2.20. The van der Waals surface area contributed by atoms with Crippen LogP contribution in [0.5, 0.6) is 0 Å². The molecule has 2 aliphatic rings. The molecule has 2 fully saturated rings. The fourth-order valence-electron chi connectivity index (χ4n) is 3.09. The zero-order chi connectivity index (χ0) is 16.7. The largest absolute Gasteiger partial charge is 0.319 e. The Morgan fingerprint density at radius 1 is 1.46 bits per heavy atom. The van der Waals surface area contributed by atoms with Crippen LogP contribution in [0.4, 0.5) is 5.69 Å². The number of amides is 1. The monoisotopic (exact) mass is 344 g/mol. The third kappa shape index (κ3) is 3.39. The number of aromatic nitrogens is 2. The molecule has 2 atom stereocenters. The van der Waals surface area contributed by atoms with E-state index in [1.54, 1.807) is 17.5 Å². The summed E-state index contributed by atoms with van der Waals surface area (Å²) in [6.45, 7) is 6.03. The summed E-state index contributed by atoms with van der Waals surface area (Å²) in [6, 6.07) is 2.70. The molecule has 0 aliphatic heterocycles. The van der Waals surface area contributed by atoms with Gasteiger partial charge in [0.2, 0.25) is 0 Å². The highest BCUT2D eigenvalue weighted by molar-refractivity contribution is 7.12. The van der Waals surface area contributed by atoms with Crippen LogP contribution < -0.4 is 10.6 Å².